The standard InChI is InChI=1S/C14H18O2/c1-10-12(9-11-5-3-6-11)7-4-8-13(10)14(15)16-2/h4,7-8,11H,3,5-6,9H2,1-2H3. The fraction of sp³-hybridized carbons (Fsp3) is 0.500. The van der Waals surface area contributed by atoms with Crippen molar-refractivity contribution in [3.05, 3.63) is 34.9 Å². The lowest BCUT2D eigenvalue weighted by Crippen LogP contribution is -2.15. The molecule has 2 rings (SSSR count). The molecule has 2 heteroatoms. The molecule has 86 valence electrons. The van der Waals surface area contributed by atoms with E-state index in [0.717, 1.165) is 17.9 Å². The summed E-state index contributed by atoms with van der Waals surface area (Å²) in [4.78, 5) is 11.5. The summed E-state index contributed by atoms with van der Waals surface area (Å²) in [7, 11) is 1.43. The lowest BCUT2D eigenvalue weighted by Gasteiger charge is -2.26. The molecule has 1 aliphatic rings. The van der Waals surface area contributed by atoms with E-state index in [1.165, 1.54) is 31.9 Å². The maximum absolute atomic E-state index is 11.5. The second-order valence-electron chi connectivity index (χ2n) is 4.58. The van der Waals surface area contributed by atoms with Crippen LogP contribution in [0.3, 0.4) is 0 Å². The van der Waals surface area contributed by atoms with Crippen LogP contribution in [0.2, 0.25) is 0 Å². The van der Waals surface area contributed by atoms with Gasteiger partial charge < -0.3 is 4.74 Å². The molecule has 0 heterocycles. The van der Waals surface area contributed by atoms with Gasteiger partial charge in [-0.05, 0) is 36.5 Å². The zero-order valence-electron chi connectivity index (χ0n) is 9.95. The van der Waals surface area contributed by atoms with Gasteiger partial charge in [0.2, 0.25) is 0 Å². The molecule has 1 saturated carbocycles. The molecule has 0 radical (unpaired) electrons. The summed E-state index contributed by atoms with van der Waals surface area (Å²) in [6.07, 6.45) is 5.14. The molecular formula is C14H18O2. The Morgan fingerprint density at radius 2 is 2.19 bits per heavy atom. The number of methoxy groups -OCH3 is 1. The highest BCUT2D eigenvalue weighted by Crippen LogP contribution is 2.31. The first kappa shape index (κ1) is 11.2. The van der Waals surface area contributed by atoms with Gasteiger partial charge in [-0.15, -0.1) is 0 Å². The third-order valence-corrected chi connectivity index (χ3v) is 3.58. The fourth-order valence-electron chi connectivity index (χ4n) is 2.24. The number of rotatable bonds is 3. The zero-order valence-corrected chi connectivity index (χ0v) is 9.95. The van der Waals surface area contributed by atoms with Crippen LogP contribution in [0, 0.1) is 12.8 Å². The smallest absolute Gasteiger partial charge is 0.338 e. The molecule has 0 amide bonds. The minimum Gasteiger partial charge on any atom is -0.465 e. The van der Waals surface area contributed by atoms with Crippen LogP contribution in [0.4, 0.5) is 0 Å². The van der Waals surface area contributed by atoms with Gasteiger partial charge in [0, 0.05) is 0 Å². The summed E-state index contributed by atoms with van der Waals surface area (Å²) in [5, 5.41) is 0. The SMILES string of the molecule is COC(=O)c1cccc(CC2CCC2)c1C. The van der Waals surface area contributed by atoms with E-state index in [1.54, 1.807) is 0 Å². The largest absolute Gasteiger partial charge is 0.465 e. The summed E-state index contributed by atoms with van der Waals surface area (Å²) in [5.41, 5.74) is 3.09. The Labute approximate surface area is 96.6 Å². The van der Waals surface area contributed by atoms with Gasteiger partial charge in [-0.3, -0.25) is 0 Å². The number of ether oxygens (including phenoxy) is 1. The first-order chi connectivity index (χ1) is 7.72. The van der Waals surface area contributed by atoms with E-state index in [4.69, 9.17) is 4.74 Å². The fourth-order valence-corrected chi connectivity index (χ4v) is 2.24. The number of hydrogen-bond acceptors (Lipinski definition) is 2. The predicted octanol–water partition coefficient (Wildman–Crippen LogP) is 3.12. The first-order valence-corrected chi connectivity index (χ1v) is 5.89. The molecule has 0 saturated heterocycles. The Hall–Kier alpha value is -1.31. The third kappa shape index (κ3) is 2.11. The average molecular weight is 218 g/mol. The molecule has 0 aromatic heterocycles. The Morgan fingerprint density at radius 3 is 2.75 bits per heavy atom. The van der Waals surface area contributed by atoms with Crippen molar-refractivity contribution in [3.8, 4) is 0 Å². The maximum Gasteiger partial charge on any atom is 0.338 e. The van der Waals surface area contributed by atoms with Gasteiger partial charge in [0.15, 0.2) is 0 Å². The van der Waals surface area contributed by atoms with Gasteiger partial charge in [0.05, 0.1) is 12.7 Å². The van der Waals surface area contributed by atoms with Crippen molar-refractivity contribution in [2.24, 2.45) is 5.92 Å². The highest BCUT2D eigenvalue weighted by molar-refractivity contribution is 5.91. The normalized spacial score (nSPS) is 15.6. The molecule has 1 fully saturated rings. The highest BCUT2D eigenvalue weighted by atomic mass is 16.5. The molecule has 1 aromatic rings. The first-order valence-electron chi connectivity index (χ1n) is 5.89. The summed E-state index contributed by atoms with van der Waals surface area (Å²) < 4.78 is 4.78. The number of esters is 1. The van der Waals surface area contributed by atoms with Crippen LogP contribution in [0.15, 0.2) is 18.2 Å². The molecule has 0 bridgehead atoms. The van der Waals surface area contributed by atoms with Gasteiger partial charge in [-0.25, -0.2) is 4.79 Å². The Morgan fingerprint density at radius 1 is 1.44 bits per heavy atom. The predicted molar refractivity (Wildman–Crippen MR) is 63.6 cm³/mol. The van der Waals surface area contributed by atoms with Crippen LogP contribution in [0.5, 0.6) is 0 Å². The molecule has 0 N–H and O–H groups in total. The molecule has 2 nitrogen and oxygen atoms in total. The van der Waals surface area contributed by atoms with Crippen molar-refractivity contribution in [1.29, 1.82) is 0 Å². The number of carbonyl (C=O) groups excluding carboxylic acids is 1. The summed E-state index contributed by atoms with van der Waals surface area (Å²) in [6, 6.07) is 5.92. The Bertz CT molecular complexity index is 392. The Balaban J connectivity index is 2.21. The quantitative estimate of drug-likeness (QED) is 0.729. The summed E-state index contributed by atoms with van der Waals surface area (Å²) >= 11 is 0. The second-order valence-corrected chi connectivity index (χ2v) is 4.58. The van der Waals surface area contributed by atoms with Crippen molar-refractivity contribution in [1.82, 2.24) is 0 Å². The summed E-state index contributed by atoms with van der Waals surface area (Å²) in [5.74, 6) is 0.597. The topological polar surface area (TPSA) is 26.3 Å². The van der Waals surface area contributed by atoms with Gasteiger partial charge in [0.1, 0.15) is 0 Å². The van der Waals surface area contributed by atoms with Gasteiger partial charge in [-0.1, -0.05) is 31.4 Å². The molecule has 1 aromatic carbocycles. The van der Waals surface area contributed by atoms with Gasteiger partial charge >= 0.3 is 5.97 Å². The molecule has 0 unspecified atom stereocenters. The van der Waals surface area contributed by atoms with Crippen LogP contribution < -0.4 is 0 Å². The van der Waals surface area contributed by atoms with Crippen molar-refractivity contribution in [3.63, 3.8) is 0 Å². The maximum atomic E-state index is 11.5. The molecule has 0 aliphatic heterocycles. The molecule has 16 heavy (non-hydrogen) atoms. The van der Waals surface area contributed by atoms with Crippen LogP contribution >= 0.6 is 0 Å². The van der Waals surface area contributed by atoms with Crippen LogP contribution in [-0.2, 0) is 11.2 Å². The van der Waals surface area contributed by atoms with E-state index in [9.17, 15) is 4.79 Å². The number of benzene rings is 1. The number of hydrogen-bond donors (Lipinski definition) is 0. The lowest BCUT2D eigenvalue weighted by molar-refractivity contribution is 0.0599. The minimum absolute atomic E-state index is 0.229. The van der Waals surface area contributed by atoms with Crippen LogP contribution in [0.1, 0.15) is 40.7 Å². The molecule has 1 aliphatic carbocycles. The Kier molecular flexibility index (Phi) is 3.28. The molecular weight excluding hydrogens is 200 g/mol. The van der Waals surface area contributed by atoms with E-state index >= 15 is 0 Å². The van der Waals surface area contributed by atoms with E-state index in [0.29, 0.717) is 5.56 Å². The number of carbonyl (C=O) groups is 1. The molecule has 0 atom stereocenters. The van der Waals surface area contributed by atoms with Gasteiger partial charge in [0.25, 0.3) is 0 Å². The summed E-state index contributed by atoms with van der Waals surface area (Å²) in [6.45, 7) is 2.01. The second kappa shape index (κ2) is 4.69. The van der Waals surface area contributed by atoms with E-state index in [-0.39, 0.29) is 5.97 Å². The monoisotopic (exact) mass is 218 g/mol. The lowest BCUT2D eigenvalue weighted by atomic mass is 9.80. The van der Waals surface area contributed by atoms with Crippen LogP contribution in [0.25, 0.3) is 0 Å². The minimum atomic E-state index is -0.229. The van der Waals surface area contributed by atoms with E-state index < -0.39 is 0 Å². The van der Waals surface area contributed by atoms with Crippen molar-refractivity contribution >= 4 is 5.97 Å². The van der Waals surface area contributed by atoms with Crippen molar-refractivity contribution in [2.45, 2.75) is 32.6 Å². The average Bonchev–Trinajstić information content (AvgIpc) is 2.24. The molecule has 0 spiro atoms. The van der Waals surface area contributed by atoms with Crippen LogP contribution in [-0.4, -0.2) is 13.1 Å². The van der Waals surface area contributed by atoms with Gasteiger partial charge in [-0.2, -0.15) is 0 Å². The highest BCUT2D eigenvalue weighted by Gasteiger charge is 2.20. The zero-order chi connectivity index (χ0) is 11.5. The van der Waals surface area contributed by atoms with Crippen molar-refractivity contribution < 1.29 is 9.53 Å². The van der Waals surface area contributed by atoms with Crippen molar-refractivity contribution in [2.75, 3.05) is 7.11 Å². The van der Waals surface area contributed by atoms with E-state index in [1.807, 2.05) is 19.1 Å². The third-order valence-electron chi connectivity index (χ3n) is 3.58. The van der Waals surface area contributed by atoms with E-state index in [2.05, 4.69) is 6.07 Å².